The lowest BCUT2D eigenvalue weighted by Gasteiger charge is -2.30. The second-order valence-corrected chi connectivity index (χ2v) is 6.08. The lowest BCUT2D eigenvalue weighted by molar-refractivity contribution is -0.0211. The summed E-state index contributed by atoms with van der Waals surface area (Å²) < 4.78 is 6.60. The number of rotatable bonds is 4. The van der Waals surface area contributed by atoms with Gasteiger partial charge in [0.1, 0.15) is 0 Å². The maximum Gasteiger partial charge on any atom is 0.183 e. The highest BCUT2D eigenvalue weighted by Gasteiger charge is 2.24. The lowest BCUT2D eigenvalue weighted by Crippen LogP contribution is -2.26. The fraction of sp³-hybridized carbons (Fsp3) is 0.750. The van der Waals surface area contributed by atoms with E-state index in [9.17, 15) is 0 Å². The van der Waals surface area contributed by atoms with Crippen LogP contribution in [-0.4, -0.2) is 11.1 Å². The van der Waals surface area contributed by atoms with Gasteiger partial charge in [0, 0.05) is 6.20 Å². The van der Waals surface area contributed by atoms with Crippen LogP contribution in [0.15, 0.2) is 6.20 Å². The van der Waals surface area contributed by atoms with Crippen LogP contribution in [-0.2, 0) is 11.3 Å². The Morgan fingerprint density at radius 3 is 3.00 bits per heavy atom. The summed E-state index contributed by atoms with van der Waals surface area (Å²) in [6, 6.07) is 0. The SMILES string of the molecule is CCC1CCCCC1OCc1cnc(Cl)s1. The fourth-order valence-corrected chi connectivity index (χ4v) is 3.30. The summed E-state index contributed by atoms with van der Waals surface area (Å²) in [6.07, 6.45) is 8.70. The van der Waals surface area contributed by atoms with Gasteiger partial charge in [-0.3, -0.25) is 0 Å². The first-order valence-corrected chi connectivity index (χ1v) is 7.21. The first-order chi connectivity index (χ1) is 7.79. The molecule has 0 aliphatic heterocycles. The predicted molar refractivity (Wildman–Crippen MR) is 68.0 cm³/mol. The molecule has 1 aromatic heterocycles. The van der Waals surface area contributed by atoms with Crippen molar-refractivity contribution in [3.63, 3.8) is 0 Å². The van der Waals surface area contributed by atoms with Gasteiger partial charge >= 0.3 is 0 Å². The largest absolute Gasteiger partial charge is 0.372 e. The van der Waals surface area contributed by atoms with Gasteiger partial charge < -0.3 is 4.74 Å². The normalized spacial score (nSPS) is 25.9. The minimum atomic E-state index is 0.444. The molecule has 2 atom stereocenters. The van der Waals surface area contributed by atoms with Gasteiger partial charge in [-0.2, -0.15) is 0 Å². The van der Waals surface area contributed by atoms with Crippen LogP contribution in [0.4, 0.5) is 0 Å². The second-order valence-electron chi connectivity index (χ2n) is 4.38. The molecule has 1 aromatic rings. The molecule has 0 aromatic carbocycles. The highest BCUT2D eigenvalue weighted by Crippen LogP contribution is 2.30. The lowest BCUT2D eigenvalue weighted by atomic mass is 9.85. The van der Waals surface area contributed by atoms with Crippen molar-refractivity contribution in [2.24, 2.45) is 5.92 Å². The van der Waals surface area contributed by atoms with E-state index in [0.717, 1.165) is 10.8 Å². The van der Waals surface area contributed by atoms with Crippen molar-refractivity contribution in [1.29, 1.82) is 0 Å². The molecular formula is C12H18ClNOS. The van der Waals surface area contributed by atoms with Crippen LogP contribution in [0.1, 0.15) is 43.9 Å². The predicted octanol–water partition coefficient (Wildman–Crippen LogP) is 4.28. The minimum Gasteiger partial charge on any atom is -0.372 e. The van der Waals surface area contributed by atoms with Gasteiger partial charge in [0.25, 0.3) is 0 Å². The first-order valence-electron chi connectivity index (χ1n) is 6.01. The number of nitrogens with zero attached hydrogens (tertiary/aromatic N) is 1. The van der Waals surface area contributed by atoms with E-state index in [1.54, 1.807) is 0 Å². The molecule has 0 amide bonds. The molecule has 1 saturated carbocycles. The molecule has 1 aliphatic carbocycles. The highest BCUT2D eigenvalue weighted by molar-refractivity contribution is 7.15. The molecule has 1 heterocycles. The van der Waals surface area contributed by atoms with Gasteiger partial charge in [0.05, 0.1) is 17.6 Å². The van der Waals surface area contributed by atoms with Crippen LogP contribution in [0.25, 0.3) is 0 Å². The van der Waals surface area contributed by atoms with Crippen LogP contribution < -0.4 is 0 Å². The fourth-order valence-electron chi connectivity index (χ4n) is 2.40. The van der Waals surface area contributed by atoms with Crippen LogP contribution in [0.3, 0.4) is 0 Å². The van der Waals surface area contributed by atoms with E-state index in [0.29, 0.717) is 17.2 Å². The van der Waals surface area contributed by atoms with Gasteiger partial charge in [0.15, 0.2) is 4.47 Å². The Kier molecular flexibility index (Phi) is 4.62. The molecule has 0 spiro atoms. The molecule has 16 heavy (non-hydrogen) atoms. The van der Waals surface area contributed by atoms with E-state index in [4.69, 9.17) is 16.3 Å². The van der Waals surface area contributed by atoms with Gasteiger partial charge in [0.2, 0.25) is 0 Å². The molecule has 0 bridgehead atoms. The third-order valence-electron chi connectivity index (χ3n) is 3.33. The Hall–Kier alpha value is -0.120. The number of halogens is 1. The molecule has 90 valence electrons. The molecule has 2 rings (SSSR count). The van der Waals surface area contributed by atoms with E-state index in [1.165, 1.54) is 43.4 Å². The zero-order chi connectivity index (χ0) is 11.4. The quantitative estimate of drug-likeness (QED) is 0.805. The molecule has 0 radical (unpaired) electrons. The Morgan fingerprint density at radius 2 is 2.31 bits per heavy atom. The van der Waals surface area contributed by atoms with Crippen molar-refractivity contribution in [2.45, 2.75) is 51.7 Å². The number of thiazole rings is 1. The minimum absolute atomic E-state index is 0.444. The zero-order valence-corrected chi connectivity index (χ0v) is 11.2. The molecule has 0 saturated heterocycles. The molecule has 1 fully saturated rings. The number of aromatic nitrogens is 1. The Labute approximate surface area is 106 Å². The van der Waals surface area contributed by atoms with Crippen molar-refractivity contribution in [3.8, 4) is 0 Å². The summed E-state index contributed by atoms with van der Waals surface area (Å²) in [7, 11) is 0. The molecule has 4 heteroatoms. The average Bonchev–Trinajstić information content (AvgIpc) is 2.73. The van der Waals surface area contributed by atoms with Gasteiger partial charge in [-0.1, -0.05) is 37.8 Å². The van der Waals surface area contributed by atoms with Gasteiger partial charge in [-0.25, -0.2) is 4.98 Å². The number of hydrogen-bond donors (Lipinski definition) is 0. The standard InChI is InChI=1S/C12H18ClNOS/c1-2-9-5-3-4-6-11(9)15-8-10-7-14-12(13)16-10/h7,9,11H,2-6,8H2,1H3. The van der Waals surface area contributed by atoms with E-state index in [1.807, 2.05) is 6.20 Å². The third kappa shape index (κ3) is 3.19. The number of ether oxygens (including phenoxy) is 1. The van der Waals surface area contributed by atoms with E-state index in [2.05, 4.69) is 11.9 Å². The third-order valence-corrected chi connectivity index (χ3v) is 4.42. The Bertz CT molecular complexity index is 329. The van der Waals surface area contributed by atoms with Crippen LogP contribution in [0.5, 0.6) is 0 Å². The maximum absolute atomic E-state index is 6.00. The molecule has 2 unspecified atom stereocenters. The van der Waals surface area contributed by atoms with Gasteiger partial charge in [-0.15, -0.1) is 11.3 Å². The van der Waals surface area contributed by atoms with Crippen LogP contribution >= 0.6 is 22.9 Å². The Morgan fingerprint density at radius 1 is 1.50 bits per heavy atom. The summed E-state index contributed by atoms with van der Waals surface area (Å²) in [5.74, 6) is 0.747. The van der Waals surface area contributed by atoms with Gasteiger partial charge in [-0.05, 0) is 18.8 Å². The van der Waals surface area contributed by atoms with E-state index in [-0.39, 0.29) is 0 Å². The van der Waals surface area contributed by atoms with Crippen molar-refractivity contribution < 1.29 is 4.74 Å². The molecule has 2 nitrogen and oxygen atoms in total. The second kappa shape index (κ2) is 5.99. The van der Waals surface area contributed by atoms with Crippen LogP contribution in [0.2, 0.25) is 4.47 Å². The summed E-state index contributed by atoms with van der Waals surface area (Å²) in [5, 5.41) is 0. The van der Waals surface area contributed by atoms with E-state index < -0.39 is 0 Å². The van der Waals surface area contributed by atoms with Crippen molar-refractivity contribution in [1.82, 2.24) is 4.98 Å². The Balaban J connectivity index is 1.84. The maximum atomic E-state index is 6.00. The molecule has 0 N–H and O–H groups in total. The summed E-state index contributed by atoms with van der Waals surface area (Å²) in [4.78, 5) is 5.15. The zero-order valence-electron chi connectivity index (χ0n) is 9.62. The molecular weight excluding hydrogens is 242 g/mol. The average molecular weight is 260 g/mol. The summed E-state index contributed by atoms with van der Waals surface area (Å²) in [6.45, 7) is 2.93. The monoisotopic (exact) mass is 259 g/mol. The topological polar surface area (TPSA) is 22.1 Å². The van der Waals surface area contributed by atoms with Crippen LogP contribution in [0, 0.1) is 5.92 Å². The molecule has 1 aliphatic rings. The van der Waals surface area contributed by atoms with Crippen molar-refractivity contribution >= 4 is 22.9 Å². The smallest absolute Gasteiger partial charge is 0.183 e. The van der Waals surface area contributed by atoms with E-state index >= 15 is 0 Å². The first kappa shape index (κ1) is 12.3. The highest BCUT2D eigenvalue weighted by atomic mass is 35.5. The van der Waals surface area contributed by atoms with Crippen molar-refractivity contribution in [2.75, 3.05) is 0 Å². The number of hydrogen-bond acceptors (Lipinski definition) is 3. The summed E-state index contributed by atoms with van der Waals surface area (Å²) >= 11 is 7.30. The summed E-state index contributed by atoms with van der Waals surface area (Å²) in [5.41, 5.74) is 0. The van der Waals surface area contributed by atoms with Crippen molar-refractivity contribution in [3.05, 3.63) is 15.5 Å².